The first-order chi connectivity index (χ1) is 15.3. The molecule has 0 spiro atoms. The van der Waals surface area contributed by atoms with Crippen molar-refractivity contribution in [3.05, 3.63) is 59.7 Å². The maximum Gasteiger partial charge on any atom is 0.322 e. The number of nitrogens with one attached hydrogen (secondary N) is 1. The van der Waals surface area contributed by atoms with E-state index in [9.17, 15) is 13.2 Å². The molecule has 0 saturated carbocycles. The van der Waals surface area contributed by atoms with E-state index in [4.69, 9.17) is 0 Å². The van der Waals surface area contributed by atoms with Gasteiger partial charge in [-0.2, -0.15) is 0 Å². The van der Waals surface area contributed by atoms with Crippen LogP contribution in [-0.4, -0.2) is 70.0 Å². The Hall–Kier alpha value is -2.42. The summed E-state index contributed by atoms with van der Waals surface area (Å²) in [6.45, 7) is 3.59. The average molecular weight is 457 g/mol. The number of hydrogen-bond donors (Lipinski definition) is 1. The lowest BCUT2D eigenvalue weighted by atomic mass is 10.0. The highest BCUT2D eigenvalue weighted by atomic mass is 32.2. The molecular formula is C24H32N4O3S. The van der Waals surface area contributed by atoms with E-state index in [1.807, 2.05) is 6.07 Å². The molecule has 2 heterocycles. The van der Waals surface area contributed by atoms with Crippen LogP contribution in [0.3, 0.4) is 0 Å². The summed E-state index contributed by atoms with van der Waals surface area (Å²) in [7, 11) is -0.431. The van der Waals surface area contributed by atoms with Crippen LogP contribution in [0.5, 0.6) is 0 Å². The lowest BCUT2D eigenvalue weighted by Crippen LogP contribution is -2.49. The summed E-state index contributed by atoms with van der Waals surface area (Å²) in [6, 6.07) is 15.7. The van der Waals surface area contributed by atoms with Crippen molar-refractivity contribution in [2.24, 2.45) is 0 Å². The van der Waals surface area contributed by atoms with E-state index < -0.39 is 10.0 Å². The van der Waals surface area contributed by atoms with E-state index in [0.29, 0.717) is 13.0 Å². The van der Waals surface area contributed by atoms with Gasteiger partial charge in [0, 0.05) is 52.0 Å². The van der Waals surface area contributed by atoms with Crippen molar-refractivity contribution < 1.29 is 13.2 Å². The van der Waals surface area contributed by atoms with Gasteiger partial charge < -0.3 is 10.2 Å². The molecule has 7 nitrogen and oxygen atoms in total. The van der Waals surface area contributed by atoms with Gasteiger partial charge in [0.25, 0.3) is 0 Å². The zero-order valence-corrected chi connectivity index (χ0v) is 19.6. The minimum absolute atomic E-state index is 0.0882. The molecule has 1 N–H and O–H groups in total. The number of piperidine rings is 1. The molecule has 1 fully saturated rings. The number of carbonyl (C=O) groups is 1. The van der Waals surface area contributed by atoms with Crippen molar-refractivity contribution in [2.45, 2.75) is 36.6 Å². The molecule has 2 aromatic rings. The molecular weight excluding hydrogens is 424 g/mol. The summed E-state index contributed by atoms with van der Waals surface area (Å²) < 4.78 is 26.0. The second-order valence-electron chi connectivity index (χ2n) is 8.78. The summed E-state index contributed by atoms with van der Waals surface area (Å²) in [5.74, 6) is 0. The van der Waals surface area contributed by atoms with E-state index in [1.165, 1.54) is 24.0 Å². The molecule has 4 rings (SSSR count). The van der Waals surface area contributed by atoms with Crippen molar-refractivity contribution >= 4 is 21.7 Å². The van der Waals surface area contributed by atoms with Crippen molar-refractivity contribution in [1.29, 1.82) is 0 Å². The molecule has 0 unspecified atom stereocenters. The topological polar surface area (TPSA) is 73.0 Å². The highest BCUT2D eigenvalue weighted by Crippen LogP contribution is 2.31. The summed E-state index contributed by atoms with van der Waals surface area (Å²) in [5.41, 5.74) is 3.07. The fourth-order valence-electron chi connectivity index (χ4n) is 4.45. The fourth-order valence-corrected chi connectivity index (χ4v) is 5.40. The lowest BCUT2D eigenvalue weighted by Gasteiger charge is -2.33. The summed E-state index contributed by atoms with van der Waals surface area (Å²) in [4.78, 5) is 17.4. The minimum Gasteiger partial charge on any atom is -0.335 e. The second kappa shape index (κ2) is 9.60. The maximum atomic E-state index is 12.9. The number of likely N-dealkylation sites (tertiary alicyclic amines) is 1. The molecule has 8 heteroatoms. The van der Waals surface area contributed by atoms with E-state index in [1.54, 1.807) is 23.1 Å². The highest BCUT2D eigenvalue weighted by Gasteiger charge is 2.29. The molecule has 0 radical (unpaired) electrons. The van der Waals surface area contributed by atoms with Gasteiger partial charge in [0.05, 0.1) is 4.90 Å². The zero-order valence-electron chi connectivity index (χ0n) is 18.8. The van der Waals surface area contributed by atoms with Crippen LogP contribution in [0, 0.1) is 0 Å². The first-order valence-electron chi connectivity index (χ1n) is 11.2. The van der Waals surface area contributed by atoms with Crippen molar-refractivity contribution in [2.75, 3.05) is 45.2 Å². The summed E-state index contributed by atoms with van der Waals surface area (Å²) in [5, 5.41) is 3.19. The van der Waals surface area contributed by atoms with Crippen LogP contribution in [-0.2, 0) is 22.9 Å². The second-order valence-corrected chi connectivity index (χ2v) is 10.9. The fraction of sp³-hybridized carbons (Fsp3) is 0.458. The number of anilines is 1. The number of nitrogens with zero attached hydrogens (tertiary/aromatic N) is 3. The number of benzene rings is 2. The molecule has 2 aliphatic rings. The van der Waals surface area contributed by atoms with Crippen LogP contribution in [0.25, 0.3) is 0 Å². The SMILES string of the molecule is CN(C)S(=O)(=O)c1ccc2c(c1)CCN2C(=O)NC1CCN(CCc2ccccc2)CC1. The van der Waals surface area contributed by atoms with Gasteiger partial charge in [-0.25, -0.2) is 17.5 Å². The predicted octanol–water partition coefficient (Wildman–Crippen LogP) is 2.72. The van der Waals surface area contributed by atoms with Gasteiger partial charge in [-0.1, -0.05) is 30.3 Å². The number of sulfonamides is 1. The Morgan fingerprint density at radius 3 is 2.47 bits per heavy atom. The Kier molecular flexibility index (Phi) is 6.83. The Bertz CT molecular complexity index is 1050. The van der Waals surface area contributed by atoms with Crippen LogP contribution in [0.15, 0.2) is 53.4 Å². The molecule has 2 aromatic carbocycles. The van der Waals surface area contributed by atoms with Crippen LogP contribution < -0.4 is 10.2 Å². The smallest absolute Gasteiger partial charge is 0.322 e. The van der Waals surface area contributed by atoms with Gasteiger partial charge in [0.1, 0.15) is 0 Å². The molecule has 2 amide bonds. The highest BCUT2D eigenvalue weighted by molar-refractivity contribution is 7.89. The number of carbonyl (C=O) groups excluding carboxylic acids is 1. The van der Waals surface area contributed by atoms with Crippen LogP contribution in [0.4, 0.5) is 10.5 Å². The predicted molar refractivity (Wildman–Crippen MR) is 127 cm³/mol. The minimum atomic E-state index is -3.48. The Labute approximate surface area is 191 Å². The van der Waals surface area contributed by atoms with Crippen molar-refractivity contribution in [1.82, 2.24) is 14.5 Å². The van der Waals surface area contributed by atoms with Crippen molar-refractivity contribution in [3.63, 3.8) is 0 Å². The van der Waals surface area contributed by atoms with E-state index in [-0.39, 0.29) is 17.0 Å². The summed E-state index contributed by atoms with van der Waals surface area (Å²) in [6.07, 6.45) is 3.61. The van der Waals surface area contributed by atoms with Crippen LogP contribution in [0.1, 0.15) is 24.0 Å². The Balaban J connectivity index is 1.29. The third-order valence-electron chi connectivity index (χ3n) is 6.44. The van der Waals surface area contributed by atoms with Gasteiger partial charge in [-0.3, -0.25) is 4.90 Å². The number of rotatable bonds is 6. The van der Waals surface area contributed by atoms with Crippen LogP contribution >= 0.6 is 0 Å². The van der Waals surface area contributed by atoms with E-state index in [2.05, 4.69) is 34.5 Å². The number of amides is 2. The first kappa shape index (κ1) is 22.8. The number of fused-ring (bicyclic) bond motifs is 1. The normalized spacial score (nSPS) is 17.5. The van der Waals surface area contributed by atoms with Gasteiger partial charge in [-0.15, -0.1) is 0 Å². The van der Waals surface area contributed by atoms with Crippen LogP contribution in [0.2, 0.25) is 0 Å². The molecule has 0 bridgehead atoms. The first-order valence-corrected chi connectivity index (χ1v) is 12.7. The number of urea groups is 1. The Morgan fingerprint density at radius 1 is 1.06 bits per heavy atom. The zero-order chi connectivity index (χ0) is 22.7. The molecule has 32 heavy (non-hydrogen) atoms. The van der Waals surface area contributed by atoms with Gasteiger partial charge in [0.2, 0.25) is 10.0 Å². The summed E-state index contributed by atoms with van der Waals surface area (Å²) >= 11 is 0. The quantitative estimate of drug-likeness (QED) is 0.726. The molecule has 0 aliphatic carbocycles. The number of hydrogen-bond acceptors (Lipinski definition) is 4. The molecule has 172 valence electrons. The van der Waals surface area contributed by atoms with Crippen molar-refractivity contribution in [3.8, 4) is 0 Å². The largest absolute Gasteiger partial charge is 0.335 e. The molecule has 0 atom stereocenters. The maximum absolute atomic E-state index is 12.9. The third kappa shape index (κ3) is 4.98. The Morgan fingerprint density at radius 2 is 1.78 bits per heavy atom. The van der Waals surface area contributed by atoms with Gasteiger partial charge in [-0.05, 0) is 55.0 Å². The van der Waals surface area contributed by atoms with E-state index in [0.717, 1.165) is 50.1 Å². The molecule has 1 saturated heterocycles. The monoisotopic (exact) mass is 456 g/mol. The van der Waals surface area contributed by atoms with Gasteiger partial charge >= 0.3 is 6.03 Å². The molecule has 2 aliphatic heterocycles. The standard InChI is InChI=1S/C24H32N4O3S/c1-26(2)32(30,31)22-8-9-23-20(18-22)11-17-28(23)24(29)25-21-12-15-27(16-13-21)14-10-19-6-4-3-5-7-19/h3-9,18,21H,10-17H2,1-2H3,(H,25,29). The molecule has 0 aromatic heterocycles. The van der Waals surface area contributed by atoms with Gasteiger partial charge in [0.15, 0.2) is 0 Å². The average Bonchev–Trinajstić information content (AvgIpc) is 3.23. The van der Waals surface area contributed by atoms with E-state index >= 15 is 0 Å². The third-order valence-corrected chi connectivity index (χ3v) is 8.26. The lowest BCUT2D eigenvalue weighted by molar-refractivity contribution is 0.196.